The molecule has 1 N–H and O–H groups in total. The molecule has 1 heterocycles. The van der Waals surface area contributed by atoms with Gasteiger partial charge in [0.05, 0.1) is 5.69 Å². The summed E-state index contributed by atoms with van der Waals surface area (Å²) in [5, 5.41) is 8.72. The molecule has 1 aliphatic carbocycles. The first kappa shape index (κ1) is 14.3. The number of benzene rings is 1. The van der Waals surface area contributed by atoms with Crippen LogP contribution in [0.25, 0.3) is 17.3 Å². The van der Waals surface area contributed by atoms with E-state index in [1.54, 1.807) is 10.6 Å². The van der Waals surface area contributed by atoms with Gasteiger partial charge in [0.25, 0.3) is 5.56 Å². The highest BCUT2D eigenvalue weighted by molar-refractivity contribution is 5.85. The zero-order chi connectivity index (χ0) is 15.7. The van der Waals surface area contributed by atoms with Gasteiger partial charge in [0.2, 0.25) is 0 Å². The Hall–Kier alpha value is -2.62. The van der Waals surface area contributed by atoms with Crippen LogP contribution in [0.5, 0.6) is 0 Å². The molecule has 0 unspecified atom stereocenters. The molecular formula is C18H17NO3. The summed E-state index contributed by atoms with van der Waals surface area (Å²) in [6.07, 6.45) is 4.34. The van der Waals surface area contributed by atoms with Crippen molar-refractivity contribution in [1.82, 2.24) is 4.57 Å². The number of carboxylic acids is 1. The van der Waals surface area contributed by atoms with Crippen LogP contribution in [0.2, 0.25) is 0 Å². The van der Waals surface area contributed by atoms with Crippen molar-refractivity contribution in [2.45, 2.75) is 25.8 Å². The number of hydrogen-bond acceptors (Lipinski definition) is 2. The lowest BCUT2D eigenvalue weighted by Crippen LogP contribution is -2.22. The van der Waals surface area contributed by atoms with E-state index in [-0.39, 0.29) is 11.6 Å². The number of aryl methyl sites for hydroxylation is 1. The summed E-state index contributed by atoms with van der Waals surface area (Å²) < 4.78 is 1.80. The van der Waals surface area contributed by atoms with Crippen molar-refractivity contribution in [1.29, 1.82) is 0 Å². The molecule has 1 aromatic heterocycles. The van der Waals surface area contributed by atoms with E-state index in [2.05, 4.69) is 0 Å². The van der Waals surface area contributed by atoms with Gasteiger partial charge >= 0.3 is 5.97 Å². The summed E-state index contributed by atoms with van der Waals surface area (Å²) >= 11 is 0. The Morgan fingerprint density at radius 3 is 2.45 bits per heavy atom. The Morgan fingerprint density at radius 2 is 1.86 bits per heavy atom. The topological polar surface area (TPSA) is 59.3 Å². The number of aliphatic carboxylic acids is 1. The molecule has 112 valence electrons. The molecule has 1 fully saturated rings. The summed E-state index contributed by atoms with van der Waals surface area (Å²) in [5.74, 6) is -1.06. The Kier molecular flexibility index (Phi) is 3.67. The van der Waals surface area contributed by atoms with E-state index in [9.17, 15) is 9.59 Å². The first-order valence-corrected chi connectivity index (χ1v) is 7.30. The van der Waals surface area contributed by atoms with Gasteiger partial charge in [-0.2, -0.15) is 0 Å². The molecule has 4 heteroatoms. The van der Waals surface area contributed by atoms with Crippen LogP contribution in [-0.4, -0.2) is 15.6 Å². The quantitative estimate of drug-likeness (QED) is 0.881. The SMILES string of the molecule is Cc1ccc(-c2ccc(/C=C/C(=O)O)c(=O)n2C2CC2)cc1. The Bertz CT molecular complexity index is 796. The molecule has 0 radical (unpaired) electrons. The van der Waals surface area contributed by atoms with E-state index < -0.39 is 5.97 Å². The third-order valence-electron chi connectivity index (χ3n) is 3.81. The van der Waals surface area contributed by atoms with Crippen LogP contribution in [0.15, 0.2) is 47.3 Å². The second-order valence-electron chi connectivity index (χ2n) is 5.62. The van der Waals surface area contributed by atoms with Crippen molar-refractivity contribution in [2.75, 3.05) is 0 Å². The zero-order valence-corrected chi connectivity index (χ0v) is 12.3. The normalized spacial score (nSPS) is 14.4. The van der Waals surface area contributed by atoms with Crippen LogP contribution in [0.4, 0.5) is 0 Å². The molecule has 1 aromatic carbocycles. The Balaban J connectivity index is 2.12. The molecule has 0 atom stereocenters. The minimum atomic E-state index is -1.06. The number of carbonyl (C=O) groups is 1. The number of hydrogen-bond donors (Lipinski definition) is 1. The number of carboxylic acid groups (broad SMARTS) is 1. The van der Waals surface area contributed by atoms with Crippen LogP contribution in [0.3, 0.4) is 0 Å². The molecular weight excluding hydrogens is 278 g/mol. The molecule has 4 nitrogen and oxygen atoms in total. The minimum absolute atomic E-state index is 0.127. The number of aromatic nitrogens is 1. The highest BCUT2D eigenvalue weighted by atomic mass is 16.4. The van der Waals surface area contributed by atoms with Crippen molar-refractivity contribution >= 4 is 12.0 Å². The second kappa shape index (κ2) is 5.64. The third-order valence-corrected chi connectivity index (χ3v) is 3.81. The van der Waals surface area contributed by atoms with E-state index in [0.29, 0.717) is 5.56 Å². The van der Waals surface area contributed by atoms with Gasteiger partial charge < -0.3 is 9.67 Å². The first-order valence-electron chi connectivity index (χ1n) is 7.30. The van der Waals surface area contributed by atoms with Crippen LogP contribution < -0.4 is 5.56 Å². The Morgan fingerprint density at radius 1 is 1.18 bits per heavy atom. The number of pyridine rings is 1. The van der Waals surface area contributed by atoms with Crippen LogP contribution >= 0.6 is 0 Å². The average Bonchev–Trinajstić information content (AvgIpc) is 3.31. The van der Waals surface area contributed by atoms with E-state index in [4.69, 9.17) is 5.11 Å². The van der Waals surface area contributed by atoms with E-state index in [0.717, 1.165) is 30.2 Å². The average molecular weight is 295 g/mol. The molecule has 2 aromatic rings. The second-order valence-corrected chi connectivity index (χ2v) is 5.62. The fourth-order valence-corrected chi connectivity index (χ4v) is 2.51. The fourth-order valence-electron chi connectivity index (χ4n) is 2.51. The zero-order valence-electron chi connectivity index (χ0n) is 12.3. The third kappa shape index (κ3) is 2.86. The smallest absolute Gasteiger partial charge is 0.328 e. The van der Waals surface area contributed by atoms with Crippen molar-refractivity contribution in [3.8, 4) is 11.3 Å². The maximum atomic E-state index is 12.6. The number of rotatable bonds is 4. The van der Waals surface area contributed by atoms with Crippen molar-refractivity contribution in [3.05, 3.63) is 64.0 Å². The van der Waals surface area contributed by atoms with Crippen molar-refractivity contribution < 1.29 is 9.90 Å². The lowest BCUT2D eigenvalue weighted by atomic mass is 10.1. The minimum Gasteiger partial charge on any atom is -0.478 e. The summed E-state index contributed by atoms with van der Waals surface area (Å²) in [4.78, 5) is 23.3. The van der Waals surface area contributed by atoms with Gasteiger partial charge in [-0.1, -0.05) is 29.8 Å². The first-order chi connectivity index (χ1) is 10.6. The summed E-state index contributed by atoms with van der Waals surface area (Å²) in [6, 6.07) is 11.9. The van der Waals surface area contributed by atoms with E-state index in [1.165, 1.54) is 11.6 Å². The summed E-state index contributed by atoms with van der Waals surface area (Å²) in [5.41, 5.74) is 3.34. The molecule has 3 rings (SSSR count). The van der Waals surface area contributed by atoms with Crippen LogP contribution in [0.1, 0.15) is 30.0 Å². The molecule has 0 saturated heterocycles. The molecule has 0 bridgehead atoms. The Labute approximate surface area is 128 Å². The maximum absolute atomic E-state index is 12.6. The standard InChI is InChI=1S/C18H17NO3/c1-12-2-4-13(5-3-12)16-10-6-14(7-11-17(20)21)18(22)19(16)15-8-9-15/h2-7,10-11,15H,8-9H2,1H3,(H,20,21)/b11-7+. The van der Waals surface area contributed by atoms with Gasteiger partial charge in [-0.25, -0.2) is 4.79 Å². The molecule has 1 saturated carbocycles. The van der Waals surface area contributed by atoms with Crippen LogP contribution in [-0.2, 0) is 4.79 Å². The lowest BCUT2D eigenvalue weighted by Gasteiger charge is -2.13. The maximum Gasteiger partial charge on any atom is 0.328 e. The largest absolute Gasteiger partial charge is 0.478 e. The predicted molar refractivity (Wildman–Crippen MR) is 85.8 cm³/mol. The fraction of sp³-hybridized carbons (Fsp3) is 0.222. The number of nitrogens with zero attached hydrogens (tertiary/aromatic N) is 1. The van der Waals surface area contributed by atoms with Gasteiger partial charge in [-0.15, -0.1) is 0 Å². The van der Waals surface area contributed by atoms with E-state index >= 15 is 0 Å². The highest BCUT2D eigenvalue weighted by Gasteiger charge is 2.27. The summed E-state index contributed by atoms with van der Waals surface area (Å²) in [7, 11) is 0. The van der Waals surface area contributed by atoms with Gasteiger partial charge in [0.1, 0.15) is 0 Å². The molecule has 0 spiro atoms. The monoisotopic (exact) mass is 295 g/mol. The molecule has 1 aliphatic rings. The molecule has 0 aliphatic heterocycles. The highest BCUT2D eigenvalue weighted by Crippen LogP contribution is 2.37. The van der Waals surface area contributed by atoms with Gasteiger partial charge in [0, 0.05) is 17.7 Å². The predicted octanol–water partition coefficient (Wildman–Crippen LogP) is 3.26. The van der Waals surface area contributed by atoms with Crippen molar-refractivity contribution in [3.63, 3.8) is 0 Å². The van der Waals surface area contributed by atoms with Crippen molar-refractivity contribution in [2.24, 2.45) is 0 Å². The summed E-state index contributed by atoms with van der Waals surface area (Å²) in [6.45, 7) is 2.03. The molecule has 0 amide bonds. The van der Waals surface area contributed by atoms with Gasteiger partial charge in [-0.3, -0.25) is 4.79 Å². The molecule has 22 heavy (non-hydrogen) atoms. The van der Waals surface area contributed by atoms with E-state index in [1.807, 2.05) is 37.3 Å². The van der Waals surface area contributed by atoms with Gasteiger partial charge in [-0.05, 0) is 43.5 Å². The van der Waals surface area contributed by atoms with Gasteiger partial charge in [0.15, 0.2) is 0 Å². The lowest BCUT2D eigenvalue weighted by molar-refractivity contribution is -0.131. The van der Waals surface area contributed by atoms with Crippen LogP contribution in [0, 0.1) is 6.92 Å².